The van der Waals surface area contributed by atoms with Gasteiger partial charge in [-0.1, -0.05) is 56.1 Å². The van der Waals surface area contributed by atoms with Crippen molar-refractivity contribution in [1.82, 2.24) is 5.32 Å². The second-order valence-electron chi connectivity index (χ2n) is 12.0. The summed E-state index contributed by atoms with van der Waals surface area (Å²) in [6, 6.07) is 17.7. The molecule has 11 heteroatoms. The molecule has 2 aliphatic rings. The lowest BCUT2D eigenvalue weighted by Gasteiger charge is -2.39. The fourth-order valence-corrected chi connectivity index (χ4v) is 6.40. The first kappa shape index (κ1) is 34.0. The van der Waals surface area contributed by atoms with E-state index in [9.17, 15) is 23.6 Å². The highest BCUT2D eigenvalue weighted by Gasteiger charge is 2.40. The number of imide groups is 1. The molecular formula is C36H38FNO8S. The maximum absolute atomic E-state index is 13.9. The standard InChI is InChI=1S/C36H38FNO8S/c1-3-4-5-6-10-32(39)44-27-15-16-29-28(21-27)30(45-34(41)24-8-7-9-25(37)20-24)22-36(2,46-29)17-18-43-26-13-11-23(12-14-26)19-31-33(40)38-35(42)47-31/h7-9,11-16,20-21,30-31H,3-6,10,17-19,22H2,1-2H3,(H,38,40,42). The second-order valence-corrected chi connectivity index (χ2v) is 13.2. The molecule has 1 N–H and O–H groups in total. The predicted molar refractivity (Wildman–Crippen MR) is 174 cm³/mol. The van der Waals surface area contributed by atoms with Crippen LogP contribution in [0.1, 0.15) is 86.4 Å². The molecular weight excluding hydrogens is 625 g/mol. The van der Waals surface area contributed by atoms with Crippen molar-refractivity contribution in [1.29, 1.82) is 0 Å². The molecule has 3 aromatic rings. The number of unbranched alkanes of at least 4 members (excludes halogenated alkanes) is 3. The minimum atomic E-state index is -0.795. The molecule has 3 unspecified atom stereocenters. The normalized spacial score (nSPS) is 20.1. The van der Waals surface area contributed by atoms with Crippen LogP contribution in [0.5, 0.6) is 17.2 Å². The van der Waals surface area contributed by atoms with Crippen molar-refractivity contribution in [3.05, 3.63) is 89.2 Å². The van der Waals surface area contributed by atoms with Crippen LogP contribution in [0, 0.1) is 5.82 Å². The molecule has 0 saturated carbocycles. The van der Waals surface area contributed by atoms with Crippen molar-refractivity contribution in [3.8, 4) is 17.2 Å². The van der Waals surface area contributed by atoms with Gasteiger partial charge in [-0.3, -0.25) is 19.7 Å². The number of carbonyl (C=O) groups is 4. The lowest BCUT2D eigenvalue weighted by Crippen LogP contribution is -2.40. The maximum atomic E-state index is 13.9. The Balaban J connectivity index is 1.25. The van der Waals surface area contributed by atoms with Gasteiger partial charge in [0.05, 0.1) is 17.4 Å². The van der Waals surface area contributed by atoms with Crippen molar-refractivity contribution < 1.29 is 42.5 Å². The fraction of sp³-hybridized carbons (Fsp3) is 0.389. The van der Waals surface area contributed by atoms with Crippen LogP contribution in [-0.4, -0.2) is 40.5 Å². The molecule has 1 saturated heterocycles. The molecule has 2 amide bonds. The van der Waals surface area contributed by atoms with E-state index < -0.39 is 28.7 Å². The van der Waals surface area contributed by atoms with Crippen molar-refractivity contribution in [3.63, 3.8) is 0 Å². The Morgan fingerprint density at radius 2 is 1.81 bits per heavy atom. The molecule has 1 fully saturated rings. The van der Waals surface area contributed by atoms with Gasteiger partial charge in [-0.2, -0.15) is 0 Å². The van der Waals surface area contributed by atoms with E-state index in [2.05, 4.69) is 12.2 Å². The Bertz CT molecular complexity index is 1610. The number of rotatable bonds is 14. The Morgan fingerprint density at radius 1 is 1.02 bits per heavy atom. The van der Waals surface area contributed by atoms with E-state index in [1.807, 2.05) is 31.2 Å². The quantitative estimate of drug-likeness (QED) is 0.106. The Labute approximate surface area is 277 Å². The van der Waals surface area contributed by atoms with Gasteiger partial charge in [-0.05, 0) is 73.9 Å². The molecule has 3 aromatic carbocycles. The van der Waals surface area contributed by atoms with E-state index in [4.69, 9.17) is 18.9 Å². The summed E-state index contributed by atoms with van der Waals surface area (Å²) in [6.45, 7) is 4.30. The average Bonchev–Trinajstić information content (AvgIpc) is 3.36. The van der Waals surface area contributed by atoms with E-state index in [-0.39, 0.29) is 29.1 Å². The van der Waals surface area contributed by atoms with Crippen LogP contribution in [0.2, 0.25) is 0 Å². The topological polar surface area (TPSA) is 117 Å². The Hall–Kier alpha value is -4.38. The molecule has 9 nitrogen and oxygen atoms in total. The van der Waals surface area contributed by atoms with Gasteiger partial charge in [0.2, 0.25) is 5.91 Å². The summed E-state index contributed by atoms with van der Waals surface area (Å²) in [6.07, 6.45) is 4.53. The first-order valence-corrected chi connectivity index (χ1v) is 16.7. The molecule has 2 heterocycles. The molecule has 0 spiro atoms. The summed E-state index contributed by atoms with van der Waals surface area (Å²) in [5, 5.41) is 1.53. The van der Waals surface area contributed by atoms with Gasteiger partial charge in [0, 0.05) is 24.8 Å². The number of fused-ring (bicyclic) bond motifs is 1. The van der Waals surface area contributed by atoms with Crippen LogP contribution in [0.4, 0.5) is 9.18 Å². The van der Waals surface area contributed by atoms with Gasteiger partial charge >= 0.3 is 11.9 Å². The van der Waals surface area contributed by atoms with E-state index in [0.29, 0.717) is 48.7 Å². The van der Waals surface area contributed by atoms with Gasteiger partial charge in [0.25, 0.3) is 5.24 Å². The van der Waals surface area contributed by atoms with E-state index in [1.54, 1.807) is 18.2 Å². The number of hydrogen-bond acceptors (Lipinski definition) is 9. The predicted octanol–water partition coefficient (Wildman–Crippen LogP) is 7.50. The third kappa shape index (κ3) is 9.34. The first-order chi connectivity index (χ1) is 22.6. The largest absolute Gasteiger partial charge is 0.493 e. The molecule has 5 rings (SSSR count). The number of hydrogen-bond donors (Lipinski definition) is 1. The highest BCUT2D eigenvalue weighted by atomic mass is 32.2. The number of nitrogens with one attached hydrogen (secondary N) is 1. The fourth-order valence-electron chi connectivity index (χ4n) is 5.54. The lowest BCUT2D eigenvalue weighted by atomic mass is 9.87. The number of ether oxygens (including phenoxy) is 4. The highest BCUT2D eigenvalue weighted by molar-refractivity contribution is 8.15. The monoisotopic (exact) mass is 663 g/mol. The molecule has 0 bridgehead atoms. The van der Waals surface area contributed by atoms with Gasteiger partial charge in [0.15, 0.2) is 0 Å². The smallest absolute Gasteiger partial charge is 0.338 e. The van der Waals surface area contributed by atoms with Crippen LogP contribution < -0.4 is 19.5 Å². The van der Waals surface area contributed by atoms with Crippen LogP contribution in [-0.2, 0) is 20.7 Å². The molecule has 47 heavy (non-hydrogen) atoms. The third-order valence-corrected chi connectivity index (χ3v) is 9.07. The highest BCUT2D eigenvalue weighted by Crippen LogP contribution is 2.45. The molecule has 0 aliphatic carbocycles. The summed E-state index contributed by atoms with van der Waals surface area (Å²) in [5.41, 5.74) is 0.746. The first-order valence-electron chi connectivity index (χ1n) is 15.8. The number of amides is 2. The van der Waals surface area contributed by atoms with E-state index >= 15 is 0 Å². The third-order valence-electron chi connectivity index (χ3n) is 8.09. The average molecular weight is 664 g/mol. The van der Waals surface area contributed by atoms with E-state index in [1.165, 1.54) is 18.2 Å². The number of benzene rings is 3. The zero-order valence-electron chi connectivity index (χ0n) is 26.4. The van der Waals surface area contributed by atoms with Crippen LogP contribution >= 0.6 is 11.8 Å². The summed E-state index contributed by atoms with van der Waals surface area (Å²) in [7, 11) is 0. The number of esters is 2. The maximum Gasteiger partial charge on any atom is 0.338 e. The second kappa shape index (κ2) is 15.5. The van der Waals surface area contributed by atoms with Crippen molar-refractivity contribution in [2.45, 2.75) is 82.2 Å². The molecule has 3 atom stereocenters. The zero-order chi connectivity index (χ0) is 33.4. The molecule has 248 valence electrons. The van der Waals surface area contributed by atoms with Crippen LogP contribution in [0.15, 0.2) is 66.7 Å². The van der Waals surface area contributed by atoms with Crippen LogP contribution in [0.25, 0.3) is 0 Å². The Kier molecular flexibility index (Phi) is 11.2. The van der Waals surface area contributed by atoms with Crippen molar-refractivity contribution >= 4 is 34.8 Å². The van der Waals surface area contributed by atoms with E-state index in [0.717, 1.165) is 49.1 Å². The van der Waals surface area contributed by atoms with Gasteiger partial charge < -0.3 is 18.9 Å². The van der Waals surface area contributed by atoms with Crippen LogP contribution in [0.3, 0.4) is 0 Å². The SMILES string of the molecule is CCCCCCC(=O)Oc1ccc2c(c1)C(OC(=O)c1cccc(F)c1)CC(C)(CCOc1ccc(CC3SC(=O)NC3=O)cc1)O2. The number of halogens is 1. The summed E-state index contributed by atoms with van der Waals surface area (Å²) < 4.78 is 37.8. The number of carbonyl (C=O) groups excluding carboxylic acids is 4. The molecule has 2 aliphatic heterocycles. The van der Waals surface area contributed by atoms with Gasteiger partial charge in [-0.15, -0.1) is 0 Å². The lowest BCUT2D eigenvalue weighted by molar-refractivity contribution is -0.134. The molecule has 0 radical (unpaired) electrons. The minimum absolute atomic E-state index is 0.0833. The summed E-state index contributed by atoms with van der Waals surface area (Å²) >= 11 is 0.993. The Morgan fingerprint density at radius 3 is 2.53 bits per heavy atom. The summed E-state index contributed by atoms with van der Waals surface area (Å²) in [4.78, 5) is 48.9. The van der Waals surface area contributed by atoms with Crippen molar-refractivity contribution in [2.75, 3.05) is 6.61 Å². The van der Waals surface area contributed by atoms with Gasteiger partial charge in [0.1, 0.15) is 34.8 Å². The van der Waals surface area contributed by atoms with Gasteiger partial charge in [-0.25, -0.2) is 9.18 Å². The zero-order valence-corrected chi connectivity index (χ0v) is 27.2. The minimum Gasteiger partial charge on any atom is -0.493 e. The summed E-state index contributed by atoms with van der Waals surface area (Å²) in [5.74, 6) is -0.408. The molecule has 0 aromatic heterocycles. The number of thioether (sulfide) groups is 1. The van der Waals surface area contributed by atoms with Crippen molar-refractivity contribution in [2.24, 2.45) is 0 Å².